The first-order chi connectivity index (χ1) is 11.6. The number of esters is 1. The molecule has 1 unspecified atom stereocenters. The van der Waals surface area contributed by atoms with Gasteiger partial charge in [0, 0.05) is 18.7 Å². The number of carbonyl (C=O) groups is 2. The van der Waals surface area contributed by atoms with Crippen molar-refractivity contribution in [3.05, 3.63) is 23.9 Å². The van der Waals surface area contributed by atoms with Gasteiger partial charge < -0.3 is 19.5 Å². The molecule has 1 saturated carbocycles. The molecule has 130 valence electrons. The second-order valence-electron chi connectivity index (χ2n) is 6.22. The Bertz CT molecular complexity index is 590. The zero-order chi connectivity index (χ0) is 17.0. The average Bonchev–Trinajstić information content (AvgIpc) is 3.27. The molecule has 1 aromatic rings. The van der Waals surface area contributed by atoms with Gasteiger partial charge in [0.05, 0.1) is 25.9 Å². The number of amides is 1. The van der Waals surface area contributed by atoms with Gasteiger partial charge in [-0.3, -0.25) is 4.79 Å². The van der Waals surface area contributed by atoms with Crippen molar-refractivity contribution in [2.24, 2.45) is 0 Å². The first-order valence-corrected chi connectivity index (χ1v) is 8.24. The molecule has 1 aliphatic carbocycles. The van der Waals surface area contributed by atoms with Crippen LogP contribution in [0.1, 0.15) is 42.5 Å². The molecule has 7 nitrogen and oxygen atoms in total. The zero-order valence-corrected chi connectivity index (χ0v) is 13.7. The van der Waals surface area contributed by atoms with Crippen LogP contribution in [0.5, 0.6) is 5.88 Å². The lowest BCUT2D eigenvalue weighted by molar-refractivity contribution is -0.148. The number of methoxy groups -OCH3 is 1. The van der Waals surface area contributed by atoms with Crippen molar-refractivity contribution in [3.63, 3.8) is 0 Å². The first kappa shape index (κ1) is 16.7. The molecule has 7 heteroatoms. The Hall–Kier alpha value is -2.15. The van der Waals surface area contributed by atoms with E-state index in [1.54, 1.807) is 12.1 Å². The second kappa shape index (κ2) is 7.17. The summed E-state index contributed by atoms with van der Waals surface area (Å²) in [4.78, 5) is 28.7. The third-order valence-electron chi connectivity index (χ3n) is 4.56. The van der Waals surface area contributed by atoms with Crippen LogP contribution in [-0.2, 0) is 14.3 Å². The lowest BCUT2D eigenvalue weighted by Gasteiger charge is -2.27. The van der Waals surface area contributed by atoms with Crippen molar-refractivity contribution in [1.82, 2.24) is 10.3 Å². The van der Waals surface area contributed by atoms with Gasteiger partial charge in [-0.2, -0.15) is 0 Å². The summed E-state index contributed by atoms with van der Waals surface area (Å²) in [5.74, 6) is -0.251. The molecule has 1 amide bonds. The largest absolute Gasteiger partial charge is 0.472 e. The van der Waals surface area contributed by atoms with Crippen LogP contribution in [0.25, 0.3) is 0 Å². The number of rotatable bonds is 5. The smallest absolute Gasteiger partial charge is 0.331 e. The number of ether oxygens (including phenoxy) is 3. The highest BCUT2D eigenvalue weighted by Gasteiger charge is 2.43. The normalized spacial score (nSPS) is 22.1. The molecular formula is C17H22N2O5. The highest BCUT2D eigenvalue weighted by Crippen LogP contribution is 2.31. The minimum absolute atomic E-state index is 0.0123. The maximum absolute atomic E-state index is 12.5. The number of nitrogens with zero attached hydrogens (tertiary/aromatic N) is 1. The lowest BCUT2D eigenvalue weighted by atomic mass is 9.97. The van der Waals surface area contributed by atoms with Gasteiger partial charge in [-0.05, 0) is 18.9 Å². The second-order valence-corrected chi connectivity index (χ2v) is 6.22. The van der Waals surface area contributed by atoms with Gasteiger partial charge in [-0.15, -0.1) is 0 Å². The van der Waals surface area contributed by atoms with Crippen molar-refractivity contribution >= 4 is 11.9 Å². The van der Waals surface area contributed by atoms with E-state index < -0.39 is 5.54 Å². The van der Waals surface area contributed by atoms with E-state index in [4.69, 9.17) is 14.2 Å². The highest BCUT2D eigenvalue weighted by atomic mass is 16.5. The molecule has 1 atom stereocenters. The monoisotopic (exact) mass is 334 g/mol. The van der Waals surface area contributed by atoms with Crippen LogP contribution in [0.2, 0.25) is 0 Å². The highest BCUT2D eigenvalue weighted by molar-refractivity contribution is 5.98. The maximum atomic E-state index is 12.5. The van der Waals surface area contributed by atoms with E-state index in [-0.39, 0.29) is 18.0 Å². The third kappa shape index (κ3) is 3.51. The van der Waals surface area contributed by atoms with E-state index in [0.29, 0.717) is 37.5 Å². The molecule has 0 aromatic carbocycles. The average molecular weight is 334 g/mol. The van der Waals surface area contributed by atoms with Crippen LogP contribution in [0.4, 0.5) is 0 Å². The van der Waals surface area contributed by atoms with Crippen molar-refractivity contribution in [2.45, 2.75) is 43.7 Å². The van der Waals surface area contributed by atoms with Crippen LogP contribution in [0.15, 0.2) is 18.3 Å². The molecule has 0 spiro atoms. The van der Waals surface area contributed by atoms with Gasteiger partial charge >= 0.3 is 5.97 Å². The molecule has 0 bridgehead atoms. The molecule has 3 rings (SSSR count). The fourth-order valence-corrected chi connectivity index (χ4v) is 3.20. The van der Waals surface area contributed by atoms with Crippen LogP contribution >= 0.6 is 0 Å². The molecule has 2 heterocycles. The molecule has 0 radical (unpaired) electrons. The molecule has 2 aliphatic rings. The Morgan fingerprint density at radius 3 is 2.71 bits per heavy atom. The minimum Gasteiger partial charge on any atom is -0.472 e. The molecular weight excluding hydrogens is 312 g/mol. The van der Waals surface area contributed by atoms with E-state index in [0.717, 1.165) is 19.3 Å². The predicted molar refractivity (Wildman–Crippen MR) is 84.8 cm³/mol. The number of hydrogen-bond donors (Lipinski definition) is 1. The Kier molecular flexibility index (Phi) is 4.99. The molecule has 2 fully saturated rings. The number of aromatic nitrogens is 1. The van der Waals surface area contributed by atoms with E-state index in [9.17, 15) is 9.59 Å². The first-order valence-electron chi connectivity index (χ1n) is 8.24. The van der Waals surface area contributed by atoms with Crippen LogP contribution in [0.3, 0.4) is 0 Å². The summed E-state index contributed by atoms with van der Waals surface area (Å²) in [6.45, 7) is 1.26. The summed E-state index contributed by atoms with van der Waals surface area (Å²) in [6.07, 6.45) is 5.29. The van der Waals surface area contributed by atoms with Crippen molar-refractivity contribution in [3.8, 4) is 5.88 Å². The van der Waals surface area contributed by atoms with Crippen LogP contribution in [0, 0.1) is 0 Å². The molecule has 1 saturated heterocycles. The standard InChI is InChI=1S/C17H22N2O5/c1-22-16(21)17(7-2-3-8-17)19-15(20)12-4-5-14(18-10-12)24-13-6-9-23-11-13/h4-5,10,13H,2-3,6-9,11H2,1H3,(H,19,20). The molecule has 24 heavy (non-hydrogen) atoms. The van der Waals surface area contributed by atoms with Gasteiger partial charge in [0.15, 0.2) is 0 Å². The number of carbonyl (C=O) groups excluding carboxylic acids is 2. The maximum Gasteiger partial charge on any atom is 0.331 e. The fourth-order valence-electron chi connectivity index (χ4n) is 3.20. The van der Waals surface area contributed by atoms with Gasteiger partial charge in [0.2, 0.25) is 5.88 Å². The number of pyridine rings is 1. The topological polar surface area (TPSA) is 86.8 Å². The molecule has 1 aliphatic heterocycles. The van der Waals surface area contributed by atoms with Crippen LogP contribution in [-0.4, -0.2) is 48.8 Å². The van der Waals surface area contributed by atoms with Crippen molar-refractivity contribution in [2.75, 3.05) is 20.3 Å². The van der Waals surface area contributed by atoms with Gasteiger partial charge in [-0.25, -0.2) is 9.78 Å². The third-order valence-corrected chi connectivity index (χ3v) is 4.56. The van der Waals surface area contributed by atoms with E-state index in [1.807, 2.05) is 0 Å². The summed E-state index contributed by atoms with van der Waals surface area (Å²) < 4.78 is 15.8. The van der Waals surface area contributed by atoms with Crippen LogP contribution < -0.4 is 10.1 Å². The Morgan fingerprint density at radius 1 is 1.33 bits per heavy atom. The van der Waals surface area contributed by atoms with Gasteiger partial charge in [0.1, 0.15) is 11.6 Å². The SMILES string of the molecule is COC(=O)C1(NC(=O)c2ccc(OC3CCOC3)nc2)CCCC1. The zero-order valence-electron chi connectivity index (χ0n) is 13.7. The Balaban J connectivity index is 1.64. The summed E-state index contributed by atoms with van der Waals surface area (Å²) in [6, 6.07) is 3.31. The number of nitrogens with one attached hydrogen (secondary N) is 1. The quantitative estimate of drug-likeness (QED) is 0.821. The Morgan fingerprint density at radius 2 is 2.12 bits per heavy atom. The van der Waals surface area contributed by atoms with Crippen molar-refractivity contribution in [1.29, 1.82) is 0 Å². The summed E-state index contributed by atoms with van der Waals surface area (Å²) >= 11 is 0. The van der Waals surface area contributed by atoms with Gasteiger partial charge in [0.25, 0.3) is 5.91 Å². The predicted octanol–water partition coefficient (Wildman–Crippen LogP) is 1.46. The number of hydrogen-bond acceptors (Lipinski definition) is 6. The molecule has 1 N–H and O–H groups in total. The van der Waals surface area contributed by atoms with Crippen molar-refractivity contribution < 1.29 is 23.8 Å². The van der Waals surface area contributed by atoms with E-state index >= 15 is 0 Å². The van der Waals surface area contributed by atoms with Gasteiger partial charge in [-0.1, -0.05) is 12.8 Å². The van der Waals surface area contributed by atoms with E-state index in [2.05, 4.69) is 10.3 Å². The minimum atomic E-state index is -0.914. The summed E-state index contributed by atoms with van der Waals surface area (Å²) in [5.41, 5.74) is -0.525. The molecule has 1 aromatic heterocycles. The fraction of sp³-hybridized carbons (Fsp3) is 0.588. The van der Waals surface area contributed by atoms with E-state index in [1.165, 1.54) is 13.3 Å². The Labute approximate surface area is 140 Å². The lowest BCUT2D eigenvalue weighted by Crippen LogP contribution is -2.53. The summed E-state index contributed by atoms with van der Waals surface area (Å²) in [7, 11) is 1.34. The summed E-state index contributed by atoms with van der Waals surface area (Å²) in [5, 5.41) is 2.84.